The van der Waals surface area contributed by atoms with Crippen LogP contribution in [0.5, 0.6) is 0 Å². The van der Waals surface area contributed by atoms with Crippen LogP contribution in [0.25, 0.3) is 0 Å². The van der Waals surface area contributed by atoms with E-state index in [-0.39, 0.29) is 18.2 Å². The Kier molecular flexibility index (Phi) is 5.35. The van der Waals surface area contributed by atoms with E-state index in [1.807, 2.05) is 0 Å². The highest BCUT2D eigenvalue weighted by atomic mass is 32.2. The smallest absolute Gasteiger partial charge is 0.271 e. The number of ether oxygens (including phenoxy) is 1. The molecule has 0 spiro atoms. The SMILES string of the molecule is COC(C)CNC(=O)c1cc([N+](=O)[O-])cc(S(N)(=O)=O)c1. The first-order valence-corrected chi connectivity index (χ1v) is 7.33. The average molecular weight is 317 g/mol. The van der Waals surface area contributed by atoms with Gasteiger partial charge in [-0.25, -0.2) is 13.6 Å². The van der Waals surface area contributed by atoms with Crippen molar-refractivity contribution in [3.05, 3.63) is 33.9 Å². The van der Waals surface area contributed by atoms with Crippen molar-refractivity contribution in [1.82, 2.24) is 5.32 Å². The molecule has 9 nitrogen and oxygen atoms in total. The molecular weight excluding hydrogens is 302 g/mol. The number of nitro groups is 1. The topological polar surface area (TPSA) is 142 Å². The maximum atomic E-state index is 11.9. The van der Waals surface area contributed by atoms with Gasteiger partial charge in [0, 0.05) is 31.4 Å². The van der Waals surface area contributed by atoms with Crippen molar-refractivity contribution in [2.75, 3.05) is 13.7 Å². The molecule has 1 unspecified atom stereocenters. The van der Waals surface area contributed by atoms with Gasteiger partial charge in [-0.05, 0) is 13.0 Å². The van der Waals surface area contributed by atoms with Gasteiger partial charge in [-0.1, -0.05) is 0 Å². The second-order valence-corrected chi connectivity index (χ2v) is 5.84. The highest BCUT2D eigenvalue weighted by Gasteiger charge is 2.19. The molecule has 1 aromatic rings. The van der Waals surface area contributed by atoms with Gasteiger partial charge in [0.2, 0.25) is 10.0 Å². The number of benzene rings is 1. The van der Waals surface area contributed by atoms with E-state index in [4.69, 9.17) is 9.88 Å². The Labute approximate surface area is 121 Å². The number of nitro benzene ring substituents is 1. The van der Waals surface area contributed by atoms with Crippen LogP contribution in [-0.4, -0.2) is 39.0 Å². The van der Waals surface area contributed by atoms with Crippen LogP contribution in [0.3, 0.4) is 0 Å². The first-order chi connectivity index (χ1) is 9.65. The number of hydrogen-bond acceptors (Lipinski definition) is 6. The number of carbonyl (C=O) groups excluding carboxylic acids is 1. The number of non-ortho nitro benzene ring substituents is 1. The molecule has 21 heavy (non-hydrogen) atoms. The van der Waals surface area contributed by atoms with Crippen molar-refractivity contribution in [1.29, 1.82) is 0 Å². The van der Waals surface area contributed by atoms with Crippen molar-refractivity contribution >= 4 is 21.6 Å². The number of rotatable bonds is 6. The van der Waals surface area contributed by atoms with E-state index in [9.17, 15) is 23.3 Å². The van der Waals surface area contributed by atoms with Gasteiger partial charge < -0.3 is 10.1 Å². The summed E-state index contributed by atoms with van der Waals surface area (Å²) in [6.45, 7) is 1.88. The van der Waals surface area contributed by atoms with Crippen molar-refractivity contribution in [3.8, 4) is 0 Å². The minimum absolute atomic E-state index is 0.169. The molecule has 1 atom stereocenters. The zero-order valence-electron chi connectivity index (χ0n) is 11.4. The Hall–Kier alpha value is -2.04. The van der Waals surface area contributed by atoms with E-state index in [0.717, 1.165) is 18.2 Å². The molecule has 0 aromatic heterocycles. The lowest BCUT2D eigenvalue weighted by atomic mass is 10.2. The number of carbonyl (C=O) groups is 1. The van der Waals surface area contributed by atoms with Gasteiger partial charge >= 0.3 is 0 Å². The molecule has 0 saturated heterocycles. The van der Waals surface area contributed by atoms with Crippen molar-refractivity contribution < 1.29 is 22.9 Å². The third-order valence-electron chi connectivity index (χ3n) is 2.65. The molecule has 1 aromatic carbocycles. The van der Waals surface area contributed by atoms with Gasteiger partial charge in [-0.2, -0.15) is 0 Å². The molecule has 0 fully saturated rings. The summed E-state index contributed by atoms with van der Waals surface area (Å²) >= 11 is 0. The molecular formula is C11H15N3O6S. The summed E-state index contributed by atoms with van der Waals surface area (Å²) in [5.41, 5.74) is -0.706. The molecule has 1 rings (SSSR count). The van der Waals surface area contributed by atoms with Crippen LogP contribution in [-0.2, 0) is 14.8 Å². The molecule has 0 aliphatic carbocycles. The van der Waals surface area contributed by atoms with E-state index >= 15 is 0 Å². The lowest BCUT2D eigenvalue weighted by Crippen LogP contribution is -2.31. The quantitative estimate of drug-likeness (QED) is 0.559. The minimum Gasteiger partial charge on any atom is -0.380 e. The van der Waals surface area contributed by atoms with E-state index < -0.39 is 31.4 Å². The fourth-order valence-corrected chi connectivity index (χ4v) is 1.98. The number of hydrogen-bond donors (Lipinski definition) is 2. The lowest BCUT2D eigenvalue weighted by Gasteiger charge is -2.11. The van der Waals surface area contributed by atoms with Gasteiger partial charge in [-0.3, -0.25) is 14.9 Å². The van der Waals surface area contributed by atoms with Crippen LogP contribution in [0.4, 0.5) is 5.69 Å². The fourth-order valence-electron chi connectivity index (χ4n) is 1.41. The normalized spacial score (nSPS) is 12.7. The third-order valence-corrected chi connectivity index (χ3v) is 3.54. The zero-order chi connectivity index (χ0) is 16.2. The summed E-state index contributed by atoms with van der Waals surface area (Å²) in [4.78, 5) is 21.4. The molecule has 0 heterocycles. The molecule has 0 bridgehead atoms. The first-order valence-electron chi connectivity index (χ1n) is 5.78. The fraction of sp³-hybridized carbons (Fsp3) is 0.364. The standard InChI is InChI=1S/C11H15N3O6S/c1-7(20-2)6-13-11(15)8-3-9(14(16)17)5-10(4-8)21(12,18)19/h3-5,7H,6H2,1-2H3,(H,13,15)(H2,12,18,19). The van der Waals surface area contributed by atoms with Gasteiger partial charge in [0.25, 0.3) is 11.6 Å². The van der Waals surface area contributed by atoms with Crippen LogP contribution in [0, 0.1) is 10.1 Å². The van der Waals surface area contributed by atoms with Crippen LogP contribution in [0.1, 0.15) is 17.3 Å². The molecule has 3 N–H and O–H groups in total. The van der Waals surface area contributed by atoms with E-state index in [1.54, 1.807) is 6.92 Å². The Morgan fingerprint density at radius 2 is 2.10 bits per heavy atom. The number of methoxy groups -OCH3 is 1. The molecule has 0 radical (unpaired) electrons. The van der Waals surface area contributed by atoms with E-state index in [2.05, 4.69) is 5.32 Å². The summed E-state index contributed by atoms with van der Waals surface area (Å²) in [6, 6.07) is 2.75. The Balaban J connectivity index is 3.14. The van der Waals surface area contributed by atoms with Crippen LogP contribution >= 0.6 is 0 Å². The zero-order valence-corrected chi connectivity index (χ0v) is 12.2. The van der Waals surface area contributed by atoms with Crippen LogP contribution in [0.2, 0.25) is 0 Å². The largest absolute Gasteiger partial charge is 0.380 e. The Bertz CT molecular complexity index is 658. The average Bonchev–Trinajstić information content (AvgIpc) is 2.42. The van der Waals surface area contributed by atoms with Crippen LogP contribution < -0.4 is 10.5 Å². The second-order valence-electron chi connectivity index (χ2n) is 4.27. The maximum Gasteiger partial charge on any atom is 0.271 e. The predicted molar refractivity (Wildman–Crippen MR) is 73.3 cm³/mol. The van der Waals surface area contributed by atoms with Gasteiger partial charge in [-0.15, -0.1) is 0 Å². The summed E-state index contributed by atoms with van der Waals surface area (Å²) in [6.07, 6.45) is -0.259. The molecule has 0 aliphatic heterocycles. The van der Waals surface area contributed by atoms with Crippen molar-refractivity contribution in [3.63, 3.8) is 0 Å². The Morgan fingerprint density at radius 1 is 1.48 bits per heavy atom. The van der Waals surface area contributed by atoms with Crippen molar-refractivity contribution in [2.24, 2.45) is 5.14 Å². The number of primary sulfonamides is 1. The number of sulfonamides is 1. The highest BCUT2D eigenvalue weighted by Crippen LogP contribution is 2.20. The summed E-state index contributed by atoms with van der Waals surface area (Å²) in [5, 5.41) is 18.2. The Morgan fingerprint density at radius 3 is 2.57 bits per heavy atom. The van der Waals surface area contributed by atoms with Crippen molar-refractivity contribution in [2.45, 2.75) is 17.9 Å². The van der Waals surface area contributed by atoms with Gasteiger partial charge in [0.15, 0.2) is 0 Å². The molecule has 1 amide bonds. The number of amides is 1. The van der Waals surface area contributed by atoms with E-state index in [1.165, 1.54) is 7.11 Å². The van der Waals surface area contributed by atoms with E-state index in [0.29, 0.717) is 0 Å². The first kappa shape index (κ1) is 17.0. The van der Waals surface area contributed by atoms with Crippen LogP contribution in [0.15, 0.2) is 23.1 Å². The summed E-state index contributed by atoms with van der Waals surface area (Å²) in [7, 11) is -2.70. The summed E-state index contributed by atoms with van der Waals surface area (Å²) in [5.74, 6) is -0.660. The highest BCUT2D eigenvalue weighted by molar-refractivity contribution is 7.89. The van der Waals surface area contributed by atoms with Gasteiger partial charge in [0.05, 0.1) is 15.9 Å². The molecule has 0 saturated carbocycles. The maximum absolute atomic E-state index is 11.9. The molecule has 10 heteroatoms. The number of nitrogens with zero attached hydrogens (tertiary/aromatic N) is 1. The minimum atomic E-state index is -4.16. The summed E-state index contributed by atoms with van der Waals surface area (Å²) < 4.78 is 27.5. The predicted octanol–water partition coefficient (Wildman–Crippen LogP) is 0.00690. The molecule has 0 aliphatic rings. The third kappa shape index (κ3) is 4.77. The number of nitrogens with one attached hydrogen (secondary N) is 1. The monoisotopic (exact) mass is 317 g/mol. The number of nitrogens with two attached hydrogens (primary N) is 1. The molecule has 116 valence electrons. The van der Waals surface area contributed by atoms with Gasteiger partial charge in [0.1, 0.15) is 0 Å². The lowest BCUT2D eigenvalue weighted by molar-refractivity contribution is -0.385. The second kappa shape index (κ2) is 6.61.